The molecule has 0 radical (unpaired) electrons. The monoisotopic (exact) mass is 401 g/mol. The van der Waals surface area contributed by atoms with Gasteiger partial charge >= 0.3 is 0 Å². The van der Waals surface area contributed by atoms with Crippen LogP contribution in [0.5, 0.6) is 0 Å². The molecular weight excluding hydrogens is 378 g/mol. The van der Waals surface area contributed by atoms with Crippen LogP contribution in [0.2, 0.25) is 0 Å². The predicted octanol–water partition coefficient (Wildman–Crippen LogP) is 3.57. The molecule has 7 heteroatoms. The fourth-order valence-corrected chi connectivity index (χ4v) is 5.04. The number of morpholine rings is 1. The summed E-state index contributed by atoms with van der Waals surface area (Å²) in [7, 11) is 0. The number of aromatic nitrogens is 2. The second-order valence-electron chi connectivity index (χ2n) is 6.43. The van der Waals surface area contributed by atoms with E-state index in [1.54, 1.807) is 23.1 Å². The molecule has 0 saturated carbocycles. The maximum atomic E-state index is 13.2. The Morgan fingerprint density at radius 3 is 2.70 bits per heavy atom. The third-order valence-electron chi connectivity index (χ3n) is 4.67. The van der Waals surface area contributed by atoms with Gasteiger partial charge in [0.1, 0.15) is 4.70 Å². The van der Waals surface area contributed by atoms with Gasteiger partial charge in [0.2, 0.25) is 0 Å². The molecule has 142 valence electrons. The summed E-state index contributed by atoms with van der Waals surface area (Å²) >= 11 is 3.18. The van der Waals surface area contributed by atoms with E-state index in [2.05, 4.69) is 24.0 Å². The molecular formula is C20H23N3O2S2. The SMILES string of the molecule is CCSc1nc2cc(-c3ccccc3)sc2c(=O)n1CCN1CCOCC1. The number of rotatable bonds is 6. The van der Waals surface area contributed by atoms with Crippen molar-refractivity contribution in [1.29, 1.82) is 0 Å². The van der Waals surface area contributed by atoms with E-state index in [0.29, 0.717) is 6.54 Å². The van der Waals surface area contributed by atoms with Crippen LogP contribution in [0.3, 0.4) is 0 Å². The molecule has 0 spiro atoms. The quantitative estimate of drug-likeness (QED) is 0.467. The first-order valence-corrected chi connectivity index (χ1v) is 11.1. The van der Waals surface area contributed by atoms with Crippen molar-refractivity contribution in [3.63, 3.8) is 0 Å². The summed E-state index contributed by atoms with van der Waals surface area (Å²) in [5.41, 5.74) is 2.02. The summed E-state index contributed by atoms with van der Waals surface area (Å²) in [5.74, 6) is 0.894. The van der Waals surface area contributed by atoms with E-state index in [1.807, 2.05) is 28.8 Å². The molecule has 1 fully saturated rings. The van der Waals surface area contributed by atoms with Crippen molar-refractivity contribution in [3.05, 3.63) is 46.8 Å². The Hall–Kier alpha value is -1.67. The minimum absolute atomic E-state index is 0.0800. The summed E-state index contributed by atoms with van der Waals surface area (Å²) in [6, 6.07) is 12.2. The summed E-state index contributed by atoms with van der Waals surface area (Å²) in [4.78, 5) is 21.5. The second-order valence-corrected chi connectivity index (χ2v) is 8.71. The van der Waals surface area contributed by atoms with E-state index >= 15 is 0 Å². The second kappa shape index (κ2) is 8.56. The molecule has 3 aromatic rings. The van der Waals surface area contributed by atoms with E-state index in [0.717, 1.165) is 64.4 Å². The van der Waals surface area contributed by atoms with Gasteiger partial charge in [-0.25, -0.2) is 4.98 Å². The summed E-state index contributed by atoms with van der Waals surface area (Å²) in [6.07, 6.45) is 0. The van der Waals surface area contributed by atoms with Gasteiger partial charge in [-0.15, -0.1) is 11.3 Å². The molecule has 4 rings (SSSR count). The van der Waals surface area contributed by atoms with Crippen LogP contribution in [-0.2, 0) is 11.3 Å². The van der Waals surface area contributed by atoms with Crippen LogP contribution in [0, 0.1) is 0 Å². The molecule has 5 nitrogen and oxygen atoms in total. The van der Waals surface area contributed by atoms with E-state index < -0.39 is 0 Å². The largest absolute Gasteiger partial charge is 0.379 e. The standard InChI is InChI=1S/C20H23N3O2S2/c1-2-26-20-21-16-14-17(15-6-4-3-5-7-15)27-18(16)19(24)23(20)9-8-22-10-12-25-13-11-22/h3-7,14H,2,8-13H2,1H3. The highest BCUT2D eigenvalue weighted by Gasteiger charge is 2.17. The zero-order valence-electron chi connectivity index (χ0n) is 15.4. The maximum absolute atomic E-state index is 13.2. The first-order chi connectivity index (χ1) is 13.3. The van der Waals surface area contributed by atoms with Gasteiger partial charge in [0.25, 0.3) is 5.56 Å². The zero-order chi connectivity index (χ0) is 18.6. The van der Waals surface area contributed by atoms with Crippen molar-refractivity contribution in [1.82, 2.24) is 14.5 Å². The number of benzene rings is 1. The fourth-order valence-electron chi connectivity index (χ4n) is 3.24. The van der Waals surface area contributed by atoms with Gasteiger partial charge < -0.3 is 4.74 Å². The van der Waals surface area contributed by atoms with Gasteiger partial charge in [-0.05, 0) is 17.4 Å². The first-order valence-electron chi connectivity index (χ1n) is 9.29. The number of thioether (sulfide) groups is 1. The Kier molecular flexibility index (Phi) is 5.92. The molecule has 1 aliphatic rings. The molecule has 27 heavy (non-hydrogen) atoms. The molecule has 0 bridgehead atoms. The molecule has 0 atom stereocenters. The average Bonchev–Trinajstić information content (AvgIpc) is 3.14. The number of hydrogen-bond donors (Lipinski definition) is 0. The molecule has 1 saturated heterocycles. The first kappa shape index (κ1) is 18.7. The highest BCUT2D eigenvalue weighted by molar-refractivity contribution is 7.99. The van der Waals surface area contributed by atoms with Crippen LogP contribution < -0.4 is 5.56 Å². The minimum atomic E-state index is 0.0800. The van der Waals surface area contributed by atoms with Gasteiger partial charge in [0, 0.05) is 31.1 Å². The normalized spacial score (nSPS) is 15.4. The van der Waals surface area contributed by atoms with Crippen LogP contribution >= 0.6 is 23.1 Å². The van der Waals surface area contributed by atoms with Crippen LogP contribution in [0.1, 0.15) is 6.92 Å². The Bertz CT molecular complexity index is 963. The number of hydrogen-bond acceptors (Lipinski definition) is 6. The maximum Gasteiger partial charge on any atom is 0.272 e. The van der Waals surface area contributed by atoms with Gasteiger partial charge in [-0.1, -0.05) is 49.0 Å². The Morgan fingerprint density at radius 2 is 1.96 bits per heavy atom. The van der Waals surface area contributed by atoms with Gasteiger partial charge in [0.05, 0.1) is 18.7 Å². The van der Waals surface area contributed by atoms with Gasteiger partial charge in [-0.2, -0.15) is 0 Å². The van der Waals surface area contributed by atoms with E-state index in [1.165, 1.54) is 0 Å². The van der Waals surface area contributed by atoms with E-state index in [9.17, 15) is 4.79 Å². The van der Waals surface area contributed by atoms with Crippen LogP contribution in [0.15, 0.2) is 46.3 Å². The summed E-state index contributed by atoms with van der Waals surface area (Å²) < 4.78 is 8.02. The molecule has 1 aromatic carbocycles. The minimum Gasteiger partial charge on any atom is -0.379 e. The van der Waals surface area contributed by atoms with E-state index in [4.69, 9.17) is 9.72 Å². The number of thiophene rings is 1. The van der Waals surface area contributed by atoms with Crippen molar-refractivity contribution in [2.45, 2.75) is 18.6 Å². The average molecular weight is 402 g/mol. The van der Waals surface area contributed by atoms with Crippen molar-refractivity contribution in [2.75, 3.05) is 38.6 Å². The molecule has 0 N–H and O–H groups in total. The Balaban J connectivity index is 1.69. The lowest BCUT2D eigenvalue weighted by atomic mass is 10.2. The van der Waals surface area contributed by atoms with Gasteiger partial charge in [0.15, 0.2) is 5.16 Å². The topological polar surface area (TPSA) is 47.4 Å². The predicted molar refractivity (Wildman–Crippen MR) is 113 cm³/mol. The Morgan fingerprint density at radius 1 is 1.19 bits per heavy atom. The molecule has 1 aliphatic heterocycles. The zero-order valence-corrected chi connectivity index (χ0v) is 17.0. The van der Waals surface area contributed by atoms with Crippen molar-refractivity contribution in [2.24, 2.45) is 0 Å². The molecule has 2 aromatic heterocycles. The summed E-state index contributed by atoms with van der Waals surface area (Å²) in [6.45, 7) is 7.02. The number of nitrogens with zero attached hydrogens (tertiary/aromatic N) is 3. The third kappa shape index (κ3) is 4.11. The lowest BCUT2D eigenvalue weighted by Gasteiger charge is -2.27. The highest BCUT2D eigenvalue weighted by Crippen LogP contribution is 2.31. The van der Waals surface area contributed by atoms with Crippen LogP contribution in [-0.4, -0.2) is 53.1 Å². The highest BCUT2D eigenvalue weighted by atomic mass is 32.2. The van der Waals surface area contributed by atoms with Crippen LogP contribution in [0.25, 0.3) is 20.7 Å². The lowest BCUT2D eigenvalue weighted by Crippen LogP contribution is -2.39. The van der Waals surface area contributed by atoms with Crippen molar-refractivity contribution < 1.29 is 4.74 Å². The number of ether oxygens (including phenoxy) is 1. The summed E-state index contributed by atoms with van der Waals surface area (Å²) in [5, 5.41) is 0.820. The van der Waals surface area contributed by atoms with Crippen LogP contribution in [0.4, 0.5) is 0 Å². The van der Waals surface area contributed by atoms with Gasteiger partial charge in [-0.3, -0.25) is 14.3 Å². The molecule has 0 unspecified atom stereocenters. The third-order valence-corrected chi connectivity index (χ3v) is 6.69. The van der Waals surface area contributed by atoms with Crippen molar-refractivity contribution in [3.8, 4) is 10.4 Å². The molecule has 0 amide bonds. The van der Waals surface area contributed by atoms with E-state index in [-0.39, 0.29) is 5.56 Å². The Labute approximate surface area is 167 Å². The van der Waals surface area contributed by atoms with Crippen molar-refractivity contribution >= 4 is 33.3 Å². The molecule has 0 aliphatic carbocycles. The molecule has 3 heterocycles. The number of fused-ring (bicyclic) bond motifs is 1. The lowest BCUT2D eigenvalue weighted by molar-refractivity contribution is 0.0359. The smallest absolute Gasteiger partial charge is 0.272 e. The fraction of sp³-hybridized carbons (Fsp3) is 0.400.